The van der Waals surface area contributed by atoms with Gasteiger partial charge in [0.25, 0.3) is 5.91 Å². The maximum absolute atomic E-state index is 12.3. The summed E-state index contributed by atoms with van der Waals surface area (Å²) < 4.78 is 5.79. The van der Waals surface area contributed by atoms with E-state index in [1.54, 1.807) is 0 Å². The highest BCUT2D eigenvalue weighted by Gasteiger charge is 2.18. The molecule has 0 aliphatic carbocycles. The smallest absolute Gasteiger partial charge is 0.287 e. The summed E-state index contributed by atoms with van der Waals surface area (Å²) in [5.41, 5.74) is 4.04. The van der Waals surface area contributed by atoms with Gasteiger partial charge >= 0.3 is 0 Å². The topological polar surface area (TPSA) is 54.3 Å². The number of benzene rings is 1. The van der Waals surface area contributed by atoms with E-state index in [2.05, 4.69) is 16.7 Å². The zero-order valence-electron chi connectivity index (χ0n) is 12.9. The predicted octanol–water partition coefficient (Wildman–Crippen LogP) is 3.12. The van der Waals surface area contributed by atoms with E-state index in [1.165, 1.54) is 5.57 Å². The van der Waals surface area contributed by atoms with Crippen molar-refractivity contribution in [3.8, 4) is 0 Å². The van der Waals surface area contributed by atoms with Gasteiger partial charge in [0.1, 0.15) is 5.58 Å². The molecule has 1 aromatic carbocycles. The molecule has 1 aliphatic rings. The number of furan rings is 1. The van der Waals surface area contributed by atoms with Gasteiger partial charge in [0, 0.05) is 24.0 Å². The van der Waals surface area contributed by atoms with Crippen molar-refractivity contribution in [2.24, 2.45) is 0 Å². The molecule has 0 atom stereocenters. The number of halogens is 1. The van der Waals surface area contributed by atoms with E-state index < -0.39 is 0 Å². The average molecular weight is 321 g/mol. The van der Waals surface area contributed by atoms with Crippen LogP contribution >= 0.6 is 12.4 Å². The fourth-order valence-corrected chi connectivity index (χ4v) is 2.71. The van der Waals surface area contributed by atoms with Gasteiger partial charge in [0.05, 0.1) is 0 Å². The fraction of sp³-hybridized carbons (Fsp3) is 0.353. The molecular weight excluding hydrogens is 300 g/mol. The van der Waals surface area contributed by atoms with Crippen LogP contribution in [0.25, 0.3) is 11.0 Å². The number of nitrogens with one attached hydrogen (secondary N) is 2. The van der Waals surface area contributed by atoms with E-state index in [0.29, 0.717) is 12.3 Å². The summed E-state index contributed by atoms with van der Waals surface area (Å²) in [6.45, 7) is 6.38. The summed E-state index contributed by atoms with van der Waals surface area (Å²) in [7, 11) is 0. The van der Waals surface area contributed by atoms with Crippen molar-refractivity contribution in [3.05, 3.63) is 46.7 Å². The third-order valence-corrected chi connectivity index (χ3v) is 4.00. The van der Waals surface area contributed by atoms with Gasteiger partial charge < -0.3 is 15.1 Å². The number of carbonyl (C=O) groups excluding carboxylic acids is 1. The Labute approximate surface area is 136 Å². The first-order valence-corrected chi connectivity index (χ1v) is 7.32. The maximum Gasteiger partial charge on any atom is 0.287 e. The summed E-state index contributed by atoms with van der Waals surface area (Å²) in [5.74, 6) is 0.288. The average Bonchev–Trinajstić information content (AvgIpc) is 2.85. The molecule has 0 bridgehead atoms. The van der Waals surface area contributed by atoms with Gasteiger partial charge in [-0.25, -0.2) is 0 Å². The summed E-state index contributed by atoms with van der Waals surface area (Å²) in [6.07, 6.45) is 3.12. The lowest BCUT2D eigenvalue weighted by Crippen LogP contribution is -2.29. The summed E-state index contributed by atoms with van der Waals surface area (Å²) in [4.78, 5) is 12.3. The third kappa shape index (κ3) is 3.18. The Balaban J connectivity index is 0.00000176. The number of aryl methyl sites for hydroxylation is 2. The highest BCUT2D eigenvalue weighted by atomic mass is 35.5. The highest BCUT2D eigenvalue weighted by Crippen LogP contribution is 2.27. The fourth-order valence-electron chi connectivity index (χ4n) is 2.71. The Bertz CT molecular complexity index is 719. The van der Waals surface area contributed by atoms with Crippen LogP contribution in [0.1, 0.15) is 28.1 Å². The van der Waals surface area contributed by atoms with E-state index in [-0.39, 0.29) is 18.3 Å². The van der Waals surface area contributed by atoms with Crippen molar-refractivity contribution in [1.82, 2.24) is 10.6 Å². The Hall–Kier alpha value is -1.78. The van der Waals surface area contributed by atoms with Gasteiger partial charge in [0.2, 0.25) is 0 Å². The van der Waals surface area contributed by atoms with Crippen molar-refractivity contribution >= 4 is 29.3 Å². The van der Waals surface area contributed by atoms with Gasteiger partial charge in [-0.05, 0) is 32.4 Å². The molecule has 1 aliphatic heterocycles. The molecule has 4 nitrogen and oxygen atoms in total. The van der Waals surface area contributed by atoms with Crippen LogP contribution in [0.15, 0.2) is 34.3 Å². The Morgan fingerprint density at radius 2 is 2.18 bits per heavy atom. The lowest BCUT2D eigenvalue weighted by Gasteiger charge is -2.14. The maximum atomic E-state index is 12.3. The van der Waals surface area contributed by atoms with Crippen LogP contribution < -0.4 is 10.6 Å². The molecule has 0 saturated carbocycles. The second-order valence-corrected chi connectivity index (χ2v) is 5.51. The zero-order valence-corrected chi connectivity index (χ0v) is 13.7. The monoisotopic (exact) mass is 320 g/mol. The summed E-state index contributed by atoms with van der Waals surface area (Å²) in [5, 5.41) is 7.24. The minimum absolute atomic E-state index is 0. The SMILES string of the molecule is Cc1c(C(=O)NCC2=CCNCC2)oc2c(C)cccc12.Cl. The minimum atomic E-state index is -0.137. The van der Waals surface area contributed by atoms with Crippen LogP contribution in [0.4, 0.5) is 0 Å². The van der Waals surface area contributed by atoms with Gasteiger partial charge in [-0.15, -0.1) is 12.4 Å². The number of hydrogen-bond donors (Lipinski definition) is 2. The van der Waals surface area contributed by atoms with Crippen LogP contribution in [0, 0.1) is 13.8 Å². The highest BCUT2D eigenvalue weighted by molar-refractivity contribution is 5.99. The van der Waals surface area contributed by atoms with E-state index in [4.69, 9.17) is 4.42 Å². The van der Waals surface area contributed by atoms with E-state index in [0.717, 1.165) is 41.6 Å². The number of para-hydroxylation sites is 1. The molecule has 2 heterocycles. The lowest BCUT2D eigenvalue weighted by molar-refractivity contribution is 0.0930. The molecule has 1 amide bonds. The number of fused-ring (bicyclic) bond motifs is 1. The predicted molar refractivity (Wildman–Crippen MR) is 90.8 cm³/mol. The molecule has 0 saturated heterocycles. The molecule has 0 fully saturated rings. The number of rotatable bonds is 3. The minimum Gasteiger partial charge on any atom is -0.450 e. The number of carbonyl (C=O) groups is 1. The van der Waals surface area contributed by atoms with Crippen LogP contribution in [-0.4, -0.2) is 25.5 Å². The van der Waals surface area contributed by atoms with Crippen molar-refractivity contribution in [3.63, 3.8) is 0 Å². The van der Waals surface area contributed by atoms with Crippen molar-refractivity contribution in [2.75, 3.05) is 19.6 Å². The van der Waals surface area contributed by atoms with E-state index in [1.807, 2.05) is 32.0 Å². The molecular formula is C17H21ClN2O2. The first-order chi connectivity index (χ1) is 10.2. The molecule has 5 heteroatoms. The van der Waals surface area contributed by atoms with E-state index >= 15 is 0 Å². The summed E-state index contributed by atoms with van der Waals surface area (Å²) in [6, 6.07) is 5.97. The van der Waals surface area contributed by atoms with Gasteiger partial charge in [-0.2, -0.15) is 0 Å². The quantitative estimate of drug-likeness (QED) is 0.854. The first kappa shape index (κ1) is 16.6. The van der Waals surface area contributed by atoms with Gasteiger partial charge in [-0.3, -0.25) is 4.79 Å². The van der Waals surface area contributed by atoms with Crippen LogP contribution in [-0.2, 0) is 0 Å². The largest absolute Gasteiger partial charge is 0.450 e. The standard InChI is InChI=1S/C17H20N2O2.ClH/c1-11-4-3-5-14-12(2)16(21-15(11)14)17(20)19-10-13-6-8-18-9-7-13;/h3-6,18H,7-10H2,1-2H3,(H,19,20);1H. The van der Waals surface area contributed by atoms with Crippen LogP contribution in [0.5, 0.6) is 0 Å². The van der Waals surface area contributed by atoms with Crippen molar-refractivity contribution < 1.29 is 9.21 Å². The molecule has 2 N–H and O–H groups in total. The molecule has 0 radical (unpaired) electrons. The molecule has 3 rings (SSSR count). The molecule has 22 heavy (non-hydrogen) atoms. The van der Waals surface area contributed by atoms with Crippen LogP contribution in [0.2, 0.25) is 0 Å². The zero-order chi connectivity index (χ0) is 14.8. The Kier molecular flexibility index (Phi) is 5.27. The first-order valence-electron chi connectivity index (χ1n) is 7.32. The number of amides is 1. The second-order valence-electron chi connectivity index (χ2n) is 5.51. The molecule has 2 aromatic rings. The number of hydrogen-bond acceptors (Lipinski definition) is 3. The van der Waals surface area contributed by atoms with Crippen molar-refractivity contribution in [1.29, 1.82) is 0 Å². The molecule has 1 aromatic heterocycles. The Morgan fingerprint density at radius 3 is 2.86 bits per heavy atom. The van der Waals surface area contributed by atoms with Gasteiger partial charge in [-0.1, -0.05) is 29.8 Å². The third-order valence-electron chi connectivity index (χ3n) is 4.00. The van der Waals surface area contributed by atoms with E-state index in [9.17, 15) is 4.79 Å². The van der Waals surface area contributed by atoms with Gasteiger partial charge in [0.15, 0.2) is 5.76 Å². The summed E-state index contributed by atoms with van der Waals surface area (Å²) >= 11 is 0. The molecule has 0 spiro atoms. The Morgan fingerprint density at radius 1 is 1.36 bits per heavy atom. The molecule has 0 unspecified atom stereocenters. The normalized spacial score (nSPS) is 14.4. The lowest BCUT2D eigenvalue weighted by atomic mass is 10.1. The molecule has 118 valence electrons. The second kappa shape index (κ2) is 6.99. The van der Waals surface area contributed by atoms with Crippen LogP contribution in [0.3, 0.4) is 0 Å². The van der Waals surface area contributed by atoms with Crippen molar-refractivity contribution in [2.45, 2.75) is 20.3 Å².